The highest BCUT2D eigenvalue weighted by Crippen LogP contribution is 2.28. The van der Waals surface area contributed by atoms with Crippen molar-refractivity contribution < 1.29 is 9.47 Å². The van der Waals surface area contributed by atoms with Gasteiger partial charge >= 0.3 is 0 Å². The fourth-order valence-corrected chi connectivity index (χ4v) is 1.49. The van der Waals surface area contributed by atoms with Gasteiger partial charge in [-0.25, -0.2) is 0 Å². The van der Waals surface area contributed by atoms with Gasteiger partial charge in [-0.05, 0) is 44.8 Å². The highest BCUT2D eigenvalue weighted by molar-refractivity contribution is 5.43. The molecule has 0 heterocycles. The first-order valence-electron chi connectivity index (χ1n) is 5.82. The molecule has 1 aromatic rings. The molecule has 1 rings (SSSR count). The van der Waals surface area contributed by atoms with E-state index in [2.05, 4.69) is 4.90 Å². The van der Waals surface area contributed by atoms with Gasteiger partial charge in [0.05, 0.1) is 7.11 Å². The molecule has 0 spiro atoms. The van der Waals surface area contributed by atoms with Crippen LogP contribution in [0.5, 0.6) is 11.5 Å². The summed E-state index contributed by atoms with van der Waals surface area (Å²) in [7, 11) is 5.69. The first-order valence-corrected chi connectivity index (χ1v) is 5.82. The predicted molar refractivity (Wildman–Crippen MR) is 69.8 cm³/mol. The minimum absolute atomic E-state index is 0.643. The number of benzene rings is 1. The van der Waals surface area contributed by atoms with E-state index < -0.39 is 0 Å². The molecule has 0 saturated heterocycles. The molecule has 4 heteroatoms. The van der Waals surface area contributed by atoms with Gasteiger partial charge in [0.1, 0.15) is 6.61 Å². The zero-order valence-corrected chi connectivity index (χ0v) is 10.9. The maximum atomic E-state index is 5.67. The first kappa shape index (κ1) is 13.8. The van der Waals surface area contributed by atoms with Crippen LogP contribution < -0.4 is 15.2 Å². The molecular formula is C13H22N2O2. The molecule has 0 unspecified atom stereocenters. The molecule has 4 nitrogen and oxygen atoms in total. The van der Waals surface area contributed by atoms with Crippen molar-refractivity contribution in [1.82, 2.24) is 4.90 Å². The summed E-state index contributed by atoms with van der Waals surface area (Å²) in [4.78, 5) is 2.08. The van der Waals surface area contributed by atoms with Crippen molar-refractivity contribution >= 4 is 0 Å². The van der Waals surface area contributed by atoms with Gasteiger partial charge in [0, 0.05) is 6.54 Å². The average Bonchev–Trinajstić information content (AvgIpc) is 2.30. The largest absolute Gasteiger partial charge is 0.493 e. The molecule has 0 amide bonds. The van der Waals surface area contributed by atoms with Crippen molar-refractivity contribution in [3.63, 3.8) is 0 Å². The van der Waals surface area contributed by atoms with Crippen LogP contribution in [0.15, 0.2) is 18.2 Å². The Morgan fingerprint density at radius 3 is 2.59 bits per heavy atom. The summed E-state index contributed by atoms with van der Waals surface area (Å²) in [5, 5.41) is 0. The fourth-order valence-electron chi connectivity index (χ4n) is 1.49. The van der Waals surface area contributed by atoms with E-state index in [1.807, 2.05) is 32.3 Å². The summed E-state index contributed by atoms with van der Waals surface area (Å²) in [5.74, 6) is 1.56. The molecule has 0 radical (unpaired) electrons. The van der Waals surface area contributed by atoms with Crippen molar-refractivity contribution in [3.8, 4) is 11.5 Å². The van der Waals surface area contributed by atoms with Crippen LogP contribution in [0.1, 0.15) is 5.56 Å². The van der Waals surface area contributed by atoms with Crippen LogP contribution in [0.4, 0.5) is 0 Å². The van der Waals surface area contributed by atoms with E-state index in [-0.39, 0.29) is 0 Å². The van der Waals surface area contributed by atoms with Gasteiger partial charge in [-0.1, -0.05) is 6.07 Å². The Balaban J connectivity index is 2.64. The Morgan fingerprint density at radius 2 is 2.00 bits per heavy atom. The average molecular weight is 238 g/mol. The molecule has 0 bridgehead atoms. The highest BCUT2D eigenvalue weighted by atomic mass is 16.5. The number of hydrogen-bond donors (Lipinski definition) is 1. The maximum absolute atomic E-state index is 5.67. The van der Waals surface area contributed by atoms with E-state index in [0.717, 1.165) is 24.5 Å². The van der Waals surface area contributed by atoms with E-state index in [9.17, 15) is 0 Å². The normalized spacial score (nSPS) is 10.6. The molecule has 0 aliphatic carbocycles. The Morgan fingerprint density at radius 1 is 1.24 bits per heavy atom. The molecule has 0 aromatic heterocycles. The van der Waals surface area contributed by atoms with Gasteiger partial charge in [0.15, 0.2) is 11.5 Å². The summed E-state index contributed by atoms with van der Waals surface area (Å²) in [5.41, 5.74) is 6.70. The SMILES string of the molecule is COc1cc(CCN)ccc1OCCN(C)C. The summed E-state index contributed by atoms with van der Waals surface area (Å²) in [6.45, 7) is 2.18. The minimum atomic E-state index is 0.643. The number of rotatable bonds is 7. The Hall–Kier alpha value is -1.26. The van der Waals surface area contributed by atoms with Gasteiger partial charge in [0.25, 0.3) is 0 Å². The zero-order chi connectivity index (χ0) is 12.7. The topological polar surface area (TPSA) is 47.7 Å². The second kappa shape index (κ2) is 7.14. The van der Waals surface area contributed by atoms with Crippen molar-refractivity contribution in [1.29, 1.82) is 0 Å². The molecule has 2 N–H and O–H groups in total. The van der Waals surface area contributed by atoms with Crippen molar-refractivity contribution in [2.24, 2.45) is 5.73 Å². The van der Waals surface area contributed by atoms with Gasteiger partial charge in [0.2, 0.25) is 0 Å². The Bertz CT molecular complexity index is 340. The minimum Gasteiger partial charge on any atom is -0.493 e. The van der Waals surface area contributed by atoms with Crippen LogP contribution in [-0.4, -0.2) is 45.8 Å². The molecule has 17 heavy (non-hydrogen) atoms. The van der Waals surface area contributed by atoms with Crippen molar-refractivity contribution in [3.05, 3.63) is 23.8 Å². The third kappa shape index (κ3) is 4.63. The Kier molecular flexibility index (Phi) is 5.80. The van der Waals surface area contributed by atoms with E-state index in [0.29, 0.717) is 13.2 Å². The quantitative estimate of drug-likeness (QED) is 0.774. The summed E-state index contributed by atoms with van der Waals surface area (Å²) < 4.78 is 11.0. The molecule has 1 aromatic carbocycles. The number of ether oxygens (including phenoxy) is 2. The summed E-state index contributed by atoms with van der Waals surface area (Å²) in [6, 6.07) is 5.96. The van der Waals surface area contributed by atoms with Crippen LogP contribution >= 0.6 is 0 Å². The highest BCUT2D eigenvalue weighted by Gasteiger charge is 2.05. The number of nitrogens with two attached hydrogens (primary N) is 1. The second-order valence-electron chi connectivity index (χ2n) is 4.18. The van der Waals surface area contributed by atoms with Crippen molar-refractivity contribution in [2.45, 2.75) is 6.42 Å². The lowest BCUT2D eigenvalue weighted by atomic mass is 10.1. The maximum Gasteiger partial charge on any atom is 0.161 e. The lowest BCUT2D eigenvalue weighted by molar-refractivity contribution is 0.250. The molecule has 0 aliphatic rings. The monoisotopic (exact) mass is 238 g/mol. The van der Waals surface area contributed by atoms with Crippen LogP contribution in [-0.2, 0) is 6.42 Å². The molecule has 0 saturated carbocycles. The van der Waals surface area contributed by atoms with Crippen LogP contribution in [0.2, 0.25) is 0 Å². The van der Waals surface area contributed by atoms with E-state index in [1.54, 1.807) is 7.11 Å². The molecule has 0 atom stereocenters. The van der Waals surface area contributed by atoms with E-state index >= 15 is 0 Å². The Labute approximate surface area is 103 Å². The lowest BCUT2D eigenvalue weighted by Crippen LogP contribution is -2.19. The third-order valence-corrected chi connectivity index (χ3v) is 2.46. The number of nitrogens with zero attached hydrogens (tertiary/aromatic N) is 1. The standard InChI is InChI=1S/C13H22N2O2/c1-15(2)8-9-17-12-5-4-11(6-7-14)10-13(12)16-3/h4-5,10H,6-9,14H2,1-3H3. The van der Waals surface area contributed by atoms with Gasteiger partial charge < -0.3 is 20.1 Å². The predicted octanol–water partition coefficient (Wildman–Crippen LogP) is 1.14. The number of hydrogen-bond acceptors (Lipinski definition) is 4. The molecular weight excluding hydrogens is 216 g/mol. The third-order valence-electron chi connectivity index (χ3n) is 2.46. The fraction of sp³-hybridized carbons (Fsp3) is 0.538. The van der Waals surface area contributed by atoms with Gasteiger partial charge in [-0.2, -0.15) is 0 Å². The van der Waals surface area contributed by atoms with Crippen molar-refractivity contribution in [2.75, 3.05) is 40.9 Å². The van der Waals surface area contributed by atoms with Gasteiger partial charge in [-0.15, -0.1) is 0 Å². The van der Waals surface area contributed by atoms with Gasteiger partial charge in [-0.3, -0.25) is 0 Å². The molecule has 96 valence electrons. The molecule has 0 fully saturated rings. The first-order chi connectivity index (χ1) is 8.17. The van der Waals surface area contributed by atoms with E-state index in [1.165, 1.54) is 5.56 Å². The lowest BCUT2D eigenvalue weighted by Gasteiger charge is -2.14. The van der Waals surface area contributed by atoms with Crippen LogP contribution in [0.3, 0.4) is 0 Å². The van der Waals surface area contributed by atoms with E-state index in [4.69, 9.17) is 15.2 Å². The molecule has 0 aliphatic heterocycles. The number of methoxy groups -OCH3 is 1. The zero-order valence-electron chi connectivity index (χ0n) is 10.9. The van der Waals surface area contributed by atoms with Crippen LogP contribution in [0, 0.1) is 0 Å². The second-order valence-corrected chi connectivity index (χ2v) is 4.18. The number of likely N-dealkylation sites (N-methyl/N-ethyl adjacent to an activating group) is 1. The smallest absolute Gasteiger partial charge is 0.161 e. The van der Waals surface area contributed by atoms with Crippen LogP contribution in [0.25, 0.3) is 0 Å². The summed E-state index contributed by atoms with van der Waals surface area (Å²) in [6.07, 6.45) is 0.855. The summed E-state index contributed by atoms with van der Waals surface area (Å²) >= 11 is 0.